The molecule has 0 unspecified atom stereocenters. The molecule has 6 nitrogen and oxygen atoms in total. The second-order valence-corrected chi connectivity index (χ2v) is 8.12. The Morgan fingerprint density at radius 2 is 1.65 bits per heavy atom. The summed E-state index contributed by atoms with van der Waals surface area (Å²) in [7, 11) is 0. The van der Waals surface area contributed by atoms with Gasteiger partial charge in [-0.25, -0.2) is 0 Å². The number of ether oxygens (including phenoxy) is 2. The van der Waals surface area contributed by atoms with Gasteiger partial charge < -0.3 is 19.7 Å². The third-order valence-electron chi connectivity index (χ3n) is 6.05. The molecule has 0 aromatic heterocycles. The van der Waals surface area contributed by atoms with Crippen molar-refractivity contribution < 1.29 is 14.3 Å². The standard InChI is InChI=1S/C25H27N3O3/c29-25(26-21-8-9-23-24(16-21)31-18-30-23)10-11-27-12-14-28(15-13-27)17-20-6-3-5-19-4-1-2-7-22(19)20/h1-9,16H,10-15,17-18H2,(H,26,29). The molecule has 0 saturated carbocycles. The Morgan fingerprint density at radius 1 is 0.871 bits per heavy atom. The number of anilines is 1. The fraction of sp³-hybridized carbons (Fsp3) is 0.320. The molecule has 2 aliphatic heterocycles. The molecule has 3 aromatic rings. The summed E-state index contributed by atoms with van der Waals surface area (Å²) in [6.45, 7) is 6.00. The van der Waals surface area contributed by atoms with Gasteiger partial charge in [-0.2, -0.15) is 0 Å². The zero-order chi connectivity index (χ0) is 21.0. The fourth-order valence-electron chi connectivity index (χ4n) is 4.30. The van der Waals surface area contributed by atoms with Crippen LogP contribution in [0.2, 0.25) is 0 Å². The van der Waals surface area contributed by atoms with Crippen molar-refractivity contribution in [1.29, 1.82) is 0 Å². The van der Waals surface area contributed by atoms with Crippen molar-refractivity contribution in [1.82, 2.24) is 9.80 Å². The van der Waals surface area contributed by atoms with Crippen molar-refractivity contribution in [2.24, 2.45) is 0 Å². The van der Waals surface area contributed by atoms with E-state index in [4.69, 9.17) is 9.47 Å². The van der Waals surface area contributed by atoms with E-state index in [-0.39, 0.29) is 12.7 Å². The lowest BCUT2D eigenvalue weighted by atomic mass is 10.0. The SMILES string of the molecule is O=C(CCN1CCN(Cc2cccc3ccccc23)CC1)Nc1ccc2c(c1)OCO2. The first-order valence-corrected chi connectivity index (χ1v) is 10.9. The number of hydrogen-bond donors (Lipinski definition) is 1. The van der Waals surface area contributed by atoms with Gasteiger partial charge >= 0.3 is 0 Å². The molecular weight excluding hydrogens is 390 g/mol. The van der Waals surface area contributed by atoms with E-state index in [1.807, 2.05) is 18.2 Å². The van der Waals surface area contributed by atoms with Crippen molar-refractivity contribution in [2.45, 2.75) is 13.0 Å². The lowest BCUT2D eigenvalue weighted by Crippen LogP contribution is -2.46. The van der Waals surface area contributed by atoms with E-state index < -0.39 is 0 Å². The average molecular weight is 418 g/mol. The van der Waals surface area contributed by atoms with Crippen LogP contribution in [0.4, 0.5) is 5.69 Å². The Kier molecular flexibility index (Phi) is 5.74. The highest BCUT2D eigenvalue weighted by Gasteiger charge is 2.19. The number of carbonyl (C=O) groups is 1. The maximum absolute atomic E-state index is 12.4. The largest absolute Gasteiger partial charge is 0.454 e. The Hall–Kier alpha value is -3.09. The van der Waals surface area contributed by atoms with Crippen LogP contribution in [0.1, 0.15) is 12.0 Å². The molecule has 6 heteroatoms. The monoisotopic (exact) mass is 417 g/mol. The number of fused-ring (bicyclic) bond motifs is 2. The smallest absolute Gasteiger partial charge is 0.231 e. The lowest BCUT2D eigenvalue weighted by molar-refractivity contribution is -0.116. The summed E-state index contributed by atoms with van der Waals surface area (Å²) in [5.74, 6) is 1.43. The maximum Gasteiger partial charge on any atom is 0.231 e. The topological polar surface area (TPSA) is 54.0 Å². The van der Waals surface area contributed by atoms with Crippen molar-refractivity contribution in [2.75, 3.05) is 44.8 Å². The molecule has 0 bridgehead atoms. The van der Waals surface area contributed by atoms with Gasteiger partial charge in [0.05, 0.1) is 0 Å². The van der Waals surface area contributed by atoms with Crippen LogP contribution in [-0.2, 0) is 11.3 Å². The van der Waals surface area contributed by atoms with Gasteiger partial charge in [0.15, 0.2) is 11.5 Å². The predicted molar refractivity (Wildman–Crippen MR) is 121 cm³/mol. The van der Waals surface area contributed by atoms with Crippen LogP contribution in [-0.4, -0.2) is 55.2 Å². The van der Waals surface area contributed by atoms with Gasteiger partial charge in [-0.05, 0) is 28.5 Å². The van der Waals surface area contributed by atoms with E-state index in [1.54, 1.807) is 0 Å². The number of hydrogen-bond acceptors (Lipinski definition) is 5. The Morgan fingerprint density at radius 3 is 2.55 bits per heavy atom. The Balaban J connectivity index is 1.08. The normalized spacial score (nSPS) is 16.5. The molecule has 0 aliphatic carbocycles. The van der Waals surface area contributed by atoms with Crippen molar-refractivity contribution >= 4 is 22.4 Å². The first kappa shape index (κ1) is 19.8. The molecule has 31 heavy (non-hydrogen) atoms. The summed E-state index contributed by atoms with van der Waals surface area (Å²) >= 11 is 0. The second kappa shape index (κ2) is 8.96. The minimum atomic E-state index is 0.0250. The first-order valence-electron chi connectivity index (χ1n) is 10.9. The quantitative estimate of drug-likeness (QED) is 0.663. The van der Waals surface area contributed by atoms with Crippen molar-refractivity contribution in [3.05, 3.63) is 66.2 Å². The summed E-state index contributed by atoms with van der Waals surface area (Å²) < 4.78 is 10.7. The van der Waals surface area contributed by atoms with Crippen LogP contribution in [0.3, 0.4) is 0 Å². The summed E-state index contributed by atoms with van der Waals surface area (Å²) in [6, 6.07) is 20.6. The Bertz CT molecular complexity index is 1070. The molecule has 0 atom stereocenters. The molecule has 1 saturated heterocycles. The average Bonchev–Trinajstić information content (AvgIpc) is 3.27. The number of piperazine rings is 1. The summed E-state index contributed by atoms with van der Waals surface area (Å²) in [4.78, 5) is 17.2. The van der Waals surface area contributed by atoms with Crippen LogP contribution in [0.25, 0.3) is 10.8 Å². The molecule has 1 amide bonds. The van der Waals surface area contributed by atoms with Gasteiger partial charge in [-0.1, -0.05) is 42.5 Å². The molecule has 1 fully saturated rings. The molecular formula is C25H27N3O3. The van der Waals surface area contributed by atoms with E-state index in [0.717, 1.165) is 50.7 Å². The van der Waals surface area contributed by atoms with Gasteiger partial charge in [0.1, 0.15) is 0 Å². The molecule has 2 heterocycles. The zero-order valence-corrected chi connectivity index (χ0v) is 17.5. The minimum absolute atomic E-state index is 0.0250. The molecule has 3 aromatic carbocycles. The minimum Gasteiger partial charge on any atom is -0.454 e. The third kappa shape index (κ3) is 4.65. The highest BCUT2D eigenvalue weighted by Crippen LogP contribution is 2.34. The zero-order valence-electron chi connectivity index (χ0n) is 17.5. The fourth-order valence-corrected chi connectivity index (χ4v) is 4.30. The van der Waals surface area contributed by atoms with Gasteiger partial charge in [0.25, 0.3) is 0 Å². The third-order valence-corrected chi connectivity index (χ3v) is 6.05. The van der Waals surface area contributed by atoms with Crippen LogP contribution in [0.15, 0.2) is 60.7 Å². The molecule has 1 N–H and O–H groups in total. The van der Waals surface area contributed by atoms with E-state index in [1.165, 1.54) is 16.3 Å². The van der Waals surface area contributed by atoms with Gasteiger partial charge in [-0.15, -0.1) is 0 Å². The molecule has 5 rings (SSSR count). The summed E-state index contributed by atoms with van der Waals surface area (Å²) in [5, 5.41) is 5.60. The lowest BCUT2D eigenvalue weighted by Gasteiger charge is -2.34. The molecule has 160 valence electrons. The second-order valence-electron chi connectivity index (χ2n) is 8.12. The van der Waals surface area contributed by atoms with Crippen LogP contribution in [0, 0.1) is 0 Å². The predicted octanol–water partition coefficient (Wildman–Crippen LogP) is 3.71. The van der Waals surface area contributed by atoms with Gasteiger partial charge in [0, 0.05) is 57.4 Å². The number of nitrogens with one attached hydrogen (secondary N) is 1. The van der Waals surface area contributed by atoms with Crippen molar-refractivity contribution in [3.8, 4) is 11.5 Å². The molecule has 0 radical (unpaired) electrons. The highest BCUT2D eigenvalue weighted by atomic mass is 16.7. The van der Waals surface area contributed by atoms with E-state index in [2.05, 4.69) is 57.6 Å². The molecule has 0 spiro atoms. The number of benzene rings is 3. The van der Waals surface area contributed by atoms with Gasteiger partial charge in [0.2, 0.25) is 12.7 Å². The van der Waals surface area contributed by atoms with E-state index in [0.29, 0.717) is 12.2 Å². The first-order chi connectivity index (χ1) is 15.2. The van der Waals surface area contributed by atoms with Crippen molar-refractivity contribution in [3.63, 3.8) is 0 Å². The number of rotatable bonds is 6. The van der Waals surface area contributed by atoms with Crippen LogP contribution in [0.5, 0.6) is 11.5 Å². The van der Waals surface area contributed by atoms with E-state index in [9.17, 15) is 4.79 Å². The summed E-state index contributed by atoms with van der Waals surface area (Å²) in [6.07, 6.45) is 0.484. The maximum atomic E-state index is 12.4. The number of amides is 1. The molecule has 2 aliphatic rings. The van der Waals surface area contributed by atoms with Gasteiger partial charge in [-0.3, -0.25) is 9.69 Å². The van der Waals surface area contributed by atoms with Crippen LogP contribution >= 0.6 is 0 Å². The summed E-state index contributed by atoms with van der Waals surface area (Å²) in [5.41, 5.74) is 2.13. The Labute approximate surface area is 182 Å². The van der Waals surface area contributed by atoms with E-state index >= 15 is 0 Å². The number of nitrogens with zero attached hydrogens (tertiary/aromatic N) is 2. The van der Waals surface area contributed by atoms with Crippen LogP contribution < -0.4 is 14.8 Å². The number of carbonyl (C=O) groups excluding carboxylic acids is 1. The highest BCUT2D eigenvalue weighted by molar-refractivity contribution is 5.91.